The average molecular weight is 347 g/mol. The maximum atomic E-state index is 12.4. The van der Waals surface area contributed by atoms with E-state index in [2.05, 4.69) is 15.9 Å². The minimum Gasteiger partial charge on any atom is -0.376 e. The minimum absolute atomic E-state index is 0.0690. The van der Waals surface area contributed by atoms with Crippen LogP contribution in [0.25, 0.3) is 0 Å². The second-order valence-corrected chi connectivity index (χ2v) is 6.12. The van der Waals surface area contributed by atoms with E-state index in [1.54, 1.807) is 24.1 Å². The average Bonchev–Trinajstić information content (AvgIpc) is 2.42. The van der Waals surface area contributed by atoms with Gasteiger partial charge in [0.25, 0.3) is 5.91 Å². The first-order chi connectivity index (χ1) is 9.08. The number of ether oxygens (including phenoxy) is 1. The lowest BCUT2D eigenvalue weighted by Crippen LogP contribution is -2.37. The predicted molar refractivity (Wildman–Crippen MR) is 79.7 cm³/mol. The first-order valence-corrected chi connectivity index (χ1v) is 7.57. The fraction of sp³-hybridized carbons (Fsp3) is 0.500. The van der Waals surface area contributed by atoms with Crippen LogP contribution in [0.2, 0.25) is 5.02 Å². The van der Waals surface area contributed by atoms with Gasteiger partial charge in [0.2, 0.25) is 0 Å². The van der Waals surface area contributed by atoms with Gasteiger partial charge in [-0.3, -0.25) is 4.79 Å². The molecule has 19 heavy (non-hydrogen) atoms. The Hall–Kier alpha value is -0.580. The monoisotopic (exact) mass is 345 g/mol. The van der Waals surface area contributed by atoms with E-state index in [1.165, 1.54) is 6.42 Å². The standard InChI is InChI=1S/C14H17BrClNO2/c1-17(9-11-4-2-3-7-19-11)14(18)12-8-10(15)5-6-13(12)16/h5-6,8,11H,2-4,7,9H2,1H3. The molecule has 2 rings (SSSR count). The first-order valence-electron chi connectivity index (χ1n) is 6.40. The second kappa shape index (κ2) is 6.73. The van der Waals surface area contributed by atoms with E-state index in [9.17, 15) is 4.79 Å². The SMILES string of the molecule is CN(CC1CCCCO1)C(=O)c1cc(Br)ccc1Cl. The van der Waals surface area contributed by atoms with Gasteiger partial charge in [0.05, 0.1) is 16.7 Å². The van der Waals surface area contributed by atoms with Gasteiger partial charge in [0.15, 0.2) is 0 Å². The zero-order valence-corrected chi connectivity index (χ0v) is 13.2. The topological polar surface area (TPSA) is 29.5 Å². The molecule has 1 heterocycles. The van der Waals surface area contributed by atoms with Crippen LogP contribution in [0.5, 0.6) is 0 Å². The Kier molecular flexibility index (Phi) is 5.25. The molecule has 0 saturated carbocycles. The van der Waals surface area contributed by atoms with Gasteiger partial charge in [-0.15, -0.1) is 0 Å². The molecule has 1 unspecified atom stereocenters. The molecule has 0 spiro atoms. The predicted octanol–water partition coefficient (Wildman–Crippen LogP) is 3.74. The summed E-state index contributed by atoms with van der Waals surface area (Å²) in [6, 6.07) is 5.30. The molecule has 1 fully saturated rings. The summed E-state index contributed by atoms with van der Waals surface area (Å²) >= 11 is 9.44. The number of hydrogen-bond donors (Lipinski definition) is 0. The molecule has 104 valence electrons. The van der Waals surface area contributed by atoms with E-state index in [0.29, 0.717) is 17.1 Å². The van der Waals surface area contributed by atoms with Crippen molar-refractivity contribution in [1.29, 1.82) is 0 Å². The van der Waals surface area contributed by atoms with Crippen molar-refractivity contribution in [2.75, 3.05) is 20.2 Å². The summed E-state index contributed by atoms with van der Waals surface area (Å²) in [6.45, 7) is 1.41. The van der Waals surface area contributed by atoms with Crippen LogP contribution in [-0.2, 0) is 4.74 Å². The van der Waals surface area contributed by atoms with Crippen LogP contribution in [0.4, 0.5) is 0 Å². The number of carbonyl (C=O) groups excluding carboxylic acids is 1. The fourth-order valence-electron chi connectivity index (χ4n) is 2.21. The Balaban J connectivity index is 2.03. The lowest BCUT2D eigenvalue weighted by Gasteiger charge is -2.27. The van der Waals surface area contributed by atoms with Crippen LogP contribution in [0, 0.1) is 0 Å². The number of rotatable bonds is 3. The number of nitrogens with zero attached hydrogens (tertiary/aromatic N) is 1. The summed E-state index contributed by atoms with van der Waals surface area (Å²) in [5, 5.41) is 0.476. The summed E-state index contributed by atoms with van der Waals surface area (Å²) < 4.78 is 6.50. The number of carbonyl (C=O) groups is 1. The number of amides is 1. The van der Waals surface area contributed by atoms with Crippen LogP contribution in [0.1, 0.15) is 29.6 Å². The number of halogens is 2. The molecule has 0 aromatic heterocycles. The van der Waals surface area contributed by atoms with Crippen LogP contribution >= 0.6 is 27.5 Å². The molecule has 0 N–H and O–H groups in total. The summed E-state index contributed by atoms with van der Waals surface area (Å²) in [5.74, 6) is -0.0690. The Bertz CT molecular complexity index is 461. The van der Waals surface area contributed by atoms with Crippen molar-refractivity contribution in [3.8, 4) is 0 Å². The summed E-state index contributed by atoms with van der Waals surface area (Å²) in [6.07, 6.45) is 3.45. The molecule has 0 aliphatic carbocycles. The third-order valence-electron chi connectivity index (χ3n) is 3.26. The molecule has 1 aliphatic rings. The Morgan fingerprint density at radius 1 is 1.53 bits per heavy atom. The molecule has 0 radical (unpaired) electrons. The van der Waals surface area contributed by atoms with Crippen molar-refractivity contribution in [2.45, 2.75) is 25.4 Å². The highest BCUT2D eigenvalue weighted by Gasteiger charge is 2.21. The van der Waals surface area contributed by atoms with E-state index >= 15 is 0 Å². The number of benzene rings is 1. The lowest BCUT2D eigenvalue weighted by molar-refractivity contribution is -0.000186. The minimum atomic E-state index is -0.0690. The van der Waals surface area contributed by atoms with Gasteiger partial charge in [-0.25, -0.2) is 0 Å². The van der Waals surface area contributed by atoms with Gasteiger partial charge in [-0.2, -0.15) is 0 Å². The Morgan fingerprint density at radius 2 is 2.32 bits per heavy atom. The van der Waals surface area contributed by atoms with Gasteiger partial charge in [0, 0.05) is 24.7 Å². The highest BCUT2D eigenvalue weighted by molar-refractivity contribution is 9.10. The van der Waals surface area contributed by atoms with Gasteiger partial charge in [-0.1, -0.05) is 27.5 Å². The third kappa shape index (κ3) is 3.94. The number of hydrogen-bond acceptors (Lipinski definition) is 2. The van der Waals surface area contributed by atoms with Crippen molar-refractivity contribution in [3.63, 3.8) is 0 Å². The Labute approximate surface area is 127 Å². The third-order valence-corrected chi connectivity index (χ3v) is 4.08. The fourth-order valence-corrected chi connectivity index (χ4v) is 2.77. The van der Waals surface area contributed by atoms with E-state index in [4.69, 9.17) is 16.3 Å². The molecule has 0 bridgehead atoms. The Morgan fingerprint density at radius 3 is 3.00 bits per heavy atom. The zero-order chi connectivity index (χ0) is 13.8. The summed E-state index contributed by atoms with van der Waals surface area (Å²) in [4.78, 5) is 14.0. The maximum absolute atomic E-state index is 12.4. The quantitative estimate of drug-likeness (QED) is 0.834. The zero-order valence-electron chi connectivity index (χ0n) is 10.9. The van der Waals surface area contributed by atoms with Crippen LogP contribution < -0.4 is 0 Å². The van der Waals surface area contributed by atoms with E-state index < -0.39 is 0 Å². The van der Waals surface area contributed by atoms with Crippen molar-refractivity contribution in [2.24, 2.45) is 0 Å². The van der Waals surface area contributed by atoms with Crippen molar-refractivity contribution < 1.29 is 9.53 Å². The molecule has 1 amide bonds. The second-order valence-electron chi connectivity index (χ2n) is 4.80. The first kappa shape index (κ1) is 14.8. The van der Waals surface area contributed by atoms with Crippen LogP contribution in [0.15, 0.2) is 22.7 Å². The highest BCUT2D eigenvalue weighted by Crippen LogP contribution is 2.23. The summed E-state index contributed by atoms with van der Waals surface area (Å²) in [7, 11) is 1.79. The summed E-state index contributed by atoms with van der Waals surface area (Å²) in [5.41, 5.74) is 0.523. The molecule has 1 aromatic rings. The van der Waals surface area contributed by atoms with Gasteiger partial charge in [-0.05, 0) is 37.5 Å². The van der Waals surface area contributed by atoms with Crippen LogP contribution in [0.3, 0.4) is 0 Å². The van der Waals surface area contributed by atoms with Gasteiger partial charge in [0.1, 0.15) is 0 Å². The molecule has 1 aliphatic heterocycles. The van der Waals surface area contributed by atoms with Gasteiger partial charge >= 0.3 is 0 Å². The van der Waals surface area contributed by atoms with Gasteiger partial charge < -0.3 is 9.64 Å². The van der Waals surface area contributed by atoms with Crippen molar-refractivity contribution in [1.82, 2.24) is 4.90 Å². The molecule has 1 atom stereocenters. The van der Waals surface area contributed by atoms with Crippen molar-refractivity contribution >= 4 is 33.4 Å². The van der Waals surface area contributed by atoms with Crippen molar-refractivity contribution in [3.05, 3.63) is 33.3 Å². The molecule has 1 aromatic carbocycles. The van der Waals surface area contributed by atoms with E-state index in [0.717, 1.165) is 23.9 Å². The molecule has 5 heteroatoms. The normalized spacial score (nSPS) is 19.2. The number of likely N-dealkylation sites (N-methyl/N-ethyl adjacent to an activating group) is 1. The van der Waals surface area contributed by atoms with E-state index in [1.807, 2.05) is 6.07 Å². The largest absolute Gasteiger partial charge is 0.376 e. The molecular weight excluding hydrogens is 330 g/mol. The van der Waals surface area contributed by atoms with Crippen LogP contribution in [-0.4, -0.2) is 37.1 Å². The lowest BCUT2D eigenvalue weighted by atomic mass is 10.1. The molecular formula is C14H17BrClNO2. The smallest absolute Gasteiger partial charge is 0.255 e. The maximum Gasteiger partial charge on any atom is 0.255 e. The highest BCUT2D eigenvalue weighted by atomic mass is 79.9. The van der Waals surface area contributed by atoms with E-state index in [-0.39, 0.29) is 12.0 Å². The molecule has 1 saturated heterocycles. The molecule has 3 nitrogen and oxygen atoms in total.